The second kappa shape index (κ2) is 9.65. The first kappa shape index (κ1) is 22.7. The number of nitrogens with zero attached hydrogens (tertiary/aromatic N) is 2. The molecule has 0 aliphatic rings. The Morgan fingerprint density at radius 2 is 1.53 bits per heavy atom. The van der Waals surface area contributed by atoms with Crippen molar-refractivity contribution in [2.75, 3.05) is 12.4 Å². The van der Waals surface area contributed by atoms with E-state index in [1.807, 2.05) is 41.0 Å². The Hall–Kier alpha value is -5.09. The van der Waals surface area contributed by atoms with E-state index >= 15 is 0 Å². The minimum Gasteiger partial charge on any atom is -0.493 e. The summed E-state index contributed by atoms with van der Waals surface area (Å²) >= 11 is 0. The molecule has 0 atom stereocenters. The van der Waals surface area contributed by atoms with Crippen LogP contribution >= 0.6 is 0 Å². The third-order valence-electron chi connectivity index (χ3n) is 5.84. The second-order valence-electron chi connectivity index (χ2n) is 8.10. The maximum absolute atomic E-state index is 13.0. The number of nitrogens with one attached hydrogen (secondary N) is 1. The predicted molar refractivity (Wildman–Crippen MR) is 139 cm³/mol. The van der Waals surface area contributed by atoms with Crippen molar-refractivity contribution in [3.63, 3.8) is 0 Å². The number of rotatable bonds is 6. The third-order valence-corrected chi connectivity index (χ3v) is 5.84. The Labute approximate surface area is 206 Å². The number of benzene rings is 4. The van der Waals surface area contributed by atoms with Crippen LogP contribution in [0.4, 0.5) is 5.69 Å². The fraction of sp³-hybridized carbons (Fsp3) is 0.0690. The third kappa shape index (κ3) is 4.36. The maximum atomic E-state index is 13.0. The van der Waals surface area contributed by atoms with Gasteiger partial charge in [-0.25, -0.2) is 0 Å². The highest BCUT2D eigenvalue weighted by Gasteiger charge is 2.13. The number of pyridine rings is 1. The standard InChI is InChI=1S/C29H21N3O4/c1-35-27-16-19(17-30)10-15-26(27)36-21-13-11-20(12-14-21)31-28(33)18-32-24-8-4-2-6-22(24)29(34)23-7-3-5-9-25(23)32/h2-16H,18H2,1H3,(H,31,33). The number of fused-ring (bicyclic) bond motifs is 2. The molecule has 0 unspecified atom stereocenters. The molecule has 7 heteroatoms. The number of carbonyl (C=O) groups excluding carboxylic acids is 1. The molecule has 0 aliphatic carbocycles. The maximum Gasteiger partial charge on any atom is 0.244 e. The molecule has 7 nitrogen and oxygen atoms in total. The lowest BCUT2D eigenvalue weighted by atomic mass is 10.1. The van der Waals surface area contributed by atoms with E-state index in [4.69, 9.17) is 14.7 Å². The van der Waals surface area contributed by atoms with Gasteiger partial charge in [-0.05, 0) is 60.7 Å². The van der Waals surface area contributed by atoms with Crippen LogP contribution in [0.2, 0.25) is 0 Å². The molecule has 5 aromatic rings. The van der Waals surface area contributed by atoms with Crippen molar-refractivity contribution in [3.05, 3.63) is 107 Å². The molecule has 36 heavy (non-hydrogen) atoms. The lowest BCUT2D eigenvalue weighted by molar-refractivity contribution is -0.116. The zero-order chi connectivity index (χ0) is 25.1. The number of para-hydroxylation sites is 2. The van der Waals surface area contributed by atoms with E-state index < -0.39 is 0 Å². The molecule has 0 saturated carbocycles. The van der Waals surface area contributed by atoms with Crippen LogP contribution in [0.1, 0.15) is 5.56 Å². The lowest BCUT2D eigenvalue weighted by Crippen LogP contribution is -2.21. The van der Waals surface area contributed by atoms with Crippen LogP contribution in [0.15, 0.2) is 95.8 Å². The van der Waals surface area contributed by atoms with Crippen LogP contribution in [-0.4, -0.2) is 17.6 Å². The summed E-state index contributed by atoms with van der Waals surface area (Å²) < 4.78 is 13.0. The fourth-order valence-corrected chi connectivity index (χ4v) is 4.15. The number of amides is 1. The number of aromatic nitrogens is 1. The molecule has 176 valence electrons. The summed E-state index contributed by atoms with van der Waals surface area (Å²) in [6.07, 6.45) is 0. The molecule has 1 heterocycles. The van der Waals surface area contributed by atoms with E-state index in [1.54, 1.807) is 54.6 Å². The second-order valence-corrected chi connectivity index (χ2v) is 8.10. The molecule has 0 saturated heterocycles. The van der Waals surface area contributed by atoms with Gasteiger partial charge in [0.1, 0.15) is 12.3 Å². The van der Waals surface area contributed by atoms with Crippen LogP contribution in [-0.2, 0) is 11.3 Å². The SMILES string of the molecule is COc1cc(C#N)ccc1Oc1ccc(NC(=O)Cn2c3ccccc3c(=O)c3ccccc32)cc1. The molecule has 1 amide bonds. The molecule has 1 aromatic heterocycles. The first-order chi connectivity index (χ1) is 17.6. The van der Waals surface area contributed by atoms with Crippen molar-refractivity contribution in [1.82, 2.24) is 4.57 Å². The van der Waals surface area contributed by atoms with Crippen LogP contribution in [0, 0.1) is 11.3 Å². The van der Waals surface area contributed by atoms with Gasteiger partial charge in [0.25, 0.3) is 0 Å². The van der Waals surface area contributed by atoms with Gasteiger partial charge in [-0.3, -0.25) is 9.59 Å². The number of nitriles is 1. The summed E-state index contributed by atoms with van der Waals surface area (Å²) in [6, 6.07) is 28.5. The van der Waals surface area contributed by atoms with Gasteiger partial charge in [0.2, 0.25) is 5.91 Å². The van der Waals surface area contributed by atoms with Gasteiger partial charge in [0.05, 0.1) is 29.8 Å². The Bertz CT molecular complexity index is 1640. The van der Waals surface area contributed by atoms with Gasteiger partial charge in [0.15, 0.2) is 16.9 Å². The van der Waals surface area contributed by atoms with Crippen molar-refractivity contribution in [3.8, 4) is 23.3 Å². The lowest BCUT2D eigenvalue weighted by Gasteiger charge is -2.15. The minimum absolute atomic E-state index is 0.0436. The average Bonchev–Trinajstić information content (AvgIpc) is 2.92. The van der Waals surface area contributed by atoms with Crippen LogP contribution in [0.3, 0.4) is 0 Å². The summed E-state index contributed by atoms with van der Waals surface area (Å²) in [4.78, 5) is 25.9. The normalized spacial score (nSPS) is 10.7. The summed E-state index contributed by atoms with van der Waals surface area (Å²) in [7, 11) is 1.51. The number of hydrogen-bond acceptors (Lipinski definition) is 5. The van der Waals surface area contributed by atoms with E-state index in [1.165, 1.54) is 7.11 Å². The van der Waals surface area contributed by atoms with E-state index in [0.717, 1.165) is 0 Å². The number of ether oxygens (including phenoxy) is 2. The molecule has 0 fully saturated rings. The fourth-order valence-electron chi connectivity index (χ4n) is 4.15. The highest BCUT2D eigenvalue weighted by Crippen LogP contribution is 2.32. The van der Waals surface area contributed by atoms with Crippen LogP contribution < -0.4 is 20.2 Å². The first-order valence-corrected chi connectivity index (χ1v) is 11.2. The van der Waals surface area contributed by atoms with Crippen molar-refractivity contribution >= 4 is 33.4 Å². The van der Waals surface area contributed by atoms with Gasteiger partial charge in [-0.2, -0.15) is 5.26 Å². The van der Waals surface area contributed by atoms with Crippen molar-refractivity contribution in [2.45, 2.75) is 6.54 Å². The van der Waals surface area contributed by atoms with Gasteiger partial charge >= 0.3 is 0 Å². The zero-order valence-electron chi connectivity index (χ0n) is 19.4. The zero-order valence-corrected chi connectivity index (χ0v) is 19.4. The largest absolute Gasteiger partial charge is 0.493 e. The number of carbonyl (C=O) groups is 1. The van der Waals surface area contributed by atoms with Crippen molar-refractivity contribution < 1.29 is 14.3 Å². The van der Waals surface area contributed by atoms with Gasteiger partial charge in [0, 0.05) is 22.5 Å². The smallest absolute Gasteiger partial charge is 0.244 e. The number of anilines is 1. The molecule has 4 aromatic carbocycles. The summed E-state index contributed by atoms with van der Waals surface area (Å²) in [6.45, 7) is 0.0436. The molecular formula is C29H21N3O4. The molecule has 0 spiro atoms. The summed E-state index contributed by atoms with van der Waals surface area (Å²) in [5, 5.41) is 13.1. The molecule has 0 radical (unpaired) electrons. The van der Waals surface area contributed by atoms with Gasteiger partial charge in [-0.1, -0.05) is 24.3 Å². The Morgan fingerprint density at radius 3 is 2.14 bits per heavy atom. The van der Waals surface area contributed by atoms with Crippen LogP contribution in [0.25, 0.3) is 21.8 Å². The van der Waals surface area contributed by atoms with Crippen LogP contribution in [0.5, 0.6) is 17.2 Å². The average molecular weight is 476 g/mol. The molecule has 0 bridgehead atoms. The van der Waals surface area contributed by atoms with Gasteiger partial charge < -0.3 is 19.4 Å². The quantitative estimate of drug-likeness (QED) is 0.329. The molecular weight excluding hydrogens is 454 g/mol. The first-order valence-electron chi connectivity index (χ1n) is 11.2. The number of methoxy groups -OCH3 is 1. The van der Waals surface area contributed by atoms with Crippen molar-refractivity contribution in [1.29, 1.82) is 5.26 Å². The summed E-state index contributed by atoms with van der Waals surface area (Å²) in [5.74, 6) is 1.25. The minimum atomic E-state index is -0.226. The molecule has 5 rings (SSSR count). The Morgan fingerprint density at radius 1 is 0.889 bits per heavy atom. The van der Waals surface area contributed by atoms with E-state index in [9.17, 15) is 9.59 Å². The molecule has 1 N–H and O–H groups in total. The van der Waals surface area contributed by atoms with E-state index in [2.05, 4.69) is 11.4 Å². The van der Waals surface area contributed by atoms with Gasteiger partial charge in [-0.15, -0.1) is 0 Å². The topological polar surface area (TPSA) is 93.3 Å². The highest BCUT2D eigenvalue weighted by atomic mass is 16.5. The number of hydrogen-bond donors (Lipinski definition) is 1. The Balaban J connectivity index is 1.36. The van der Waals surface area contributed by atoms with E-state index in [-0.39, 0.29) is 17.9 Å². The molecule has 0 aliphatic heterocycles. The Kier molecular flexibility index (Phi) is 6.08. The summed E-state index contributed by atoms with van der Waals surface area (Å²) in [5.41, 5.74) is 2.44. The highest BCUT2D eigenvalue weighted by molar-refractivity contribution is 5.97. The van der Waals surface area contributed by atoms with Crippen molar-refractivity contribution in [2.24, 2.45) is 0 Å². The van der Waals surface area contributed by atoms with E-state index in [0.29, 0.717) is 50.3 Å². The predicted octanol–water partition coefficient (Wildman–Crippen LogP) is 5.47. The monoisotopic (exact) mass is 475 g/mol.